The zero-order chi connectivity index (χ0) is 9.23. The summed E-state index contributed by atoms with van der Waals surface area (Å²) in [4.78, 5) is 7.68. The molecule has 0 aliphatic heterocycles. The lowest BCUT2D eigenvalue weighted by Crippen LogP contribution is -1.88. The molecule has 0 rings (SSSR count). The lowest BCUT2D eigenvalue weighted by Gasteiger charge is -1.91. The minimum Gasteiger partial charge on any atom is -0.271 e. The monoisotopic (exact) mass is 162 g/mol. The molecule has 0 fully saturated rings. The van der Waals surface area contributed by atoms with E-state index in [1.165, 1.54) is 0 Å². The molecular weight excluding hydrogens is 148 g/mol. The predicted molar refractivity (Wildman–Crippen MR) is 55.8 cm³/mol. The van der Waals surface area contributed by atoms with Crippen molar-refractivity contribution in [2.45, 2.75) is 13.3 Å². The van der Waals surface area contributed by atoms with Gasteiger partial charge in [0, 0.05) is 24.5 Å². The standard InChI is InChI=1S/C10H14N2/c1-4-6-10(7-5-2)12-9-8-11-3/h4-5,7-9H,1,3,6H2,2H3/b7-5-,9-8-,12-10+. The third-order valence-electron chi connectivity index (χ3n) is 1.12. The van der Waals surface area contributed by atoms with Crippen molar-refractivity contribution in [3.63, 3.8) is 0 Å². The van der Waals surface area contributed by atoms with Gasteiger partial charge in [0.1, 0.15) is 0 Å². The maximum Gasteiger partial charge on any atom is 0.0454 e. The van der Waals surface area contributed by atoms with Gasteiger partial charge in [-0.25, -0.2) is 0 Å². The molecule has 0 aliphatic carbocycles. The molecular formula is C10H14N2. The lowest BCUT2D eigenvalue weighted by molar-refractivity contribution is 1.40. The van der Waals surface area contributed by atoms with Gasteiger partial charge in [0.25, 0.3) is 0 Å². The van der Waals surface area contributed by atoms with Crippen molar-refractivity contribution in [3.8, 4) is 0 Å². The highest BCUT2D eigenvalue weighted by molar-refractivity contribution is 5.96. The Kier molecular flexibility index (Phi) is 6.74. The number of aliphatic imine (C=N–C) groups is 2. The van der Waals surface area contributed by atoms with Gasteiger partial charge in [0.2, 0.25) is 0 Å². The zero-order valence-electron chi connectivity index (χ0n) is 7.40. The fourth-order valence-corrected chi connectivity index (χ4v) is 0.680. The SMILES string of the molecule is C=CCC(/C=C\C)=N\C=C/N=C. The second-order valence-electron chi connectivity index (χ2n) is 2.09. The normalized spacial score (nSPS) is 12.6. The van der Waals surface area contributed by atoms with Crippen LogP contribution in [-0.4, -0.2) is 12.4 Å². The molecule has 2 nitrogen and oxygen atoms in total. The third kappa shape index (κ3) is 5.35. The molecule has 0 aliphatic rings. The summed E-state index contributed by atoms with van der Waals surface area (Å²) in [7, 11) is 0. The maximum atomic E-state index is 4.14. The first-order valence-corrected chi connectivity index (χ1v) is 3.76. The van der Waals surface area contributed by atoms with Crippen LogP contribution in [0.25, 0.3) is 0 Å². The van der Waals surface area contributed by atoms with Crippen molar-refractivity contribution in [2.24, 2.45) is 9.98 Å². The predicted octanol–water partition coefficient (Wildman–Crippen LogP) is 2.75. The summed E-state index contributed by atoms with van der Waals surface area (Å²) in [6, 6.07) is 0. The molecule has 0 unspecified atom stereocenters. The van der Waals surface area contributed by atoms with Gasteiger partial charge in [-0.2, -0.15) is 0 Å². The van der Waals surface area contributed by atoms with Gasteiger partial charge in [-0.05, 0) is 19.7 Å². The number of allylic oxidation sites excluding steroid dienone is 3. The van der Waals surface area contributed by atoms with Gasteiger partial charge >= 0.3 is 0 Å². The van der Waals surface area contributed by atoms with E-state index in [-0.39, 0.29) is 0 Å². The van der Waals surface area contributed by atoms with Crippen molar-refractivity contribution in [2.75, 3.05) is 0 Å². The van der Waals surface area contributed by atoms with E-state index < -0.39 is 0 Å². The second-order valence-corrected chi connectivity index (χ2v) is 2.09. The number of hydrogen-bond acceptors (Lipinski definition) is 2. The Balaban J connectivity index is 4.25. The van der Waals surface area contributed by atoms with Crippen LogP contribution in [0.5, 0.6) is 0 Å². The van der Waals surface area contributed by atoms with Crippen LogP contribution in [0.1, 0.15) is 13.3 Å². The summed E-state index contributed by atoms with van der Waals surface area (Å²) >= 11 is 0. The van der Waals surface area contributed by atoms with E-state index >= 15 is 0 Å². The van der Waals surface area contributed by atoms with Crippen LogP contribution < -0.4 is 0 Å². The van der Waals surface area contributed by atoms with Crippen molar-refractivity contribution in [1.29, 1.82) is 0 Å². The van der Waals surface area contributed by atoms with Gasteiger partial charge in [-0.1, -0.05) is 12.2 Å². The van der Waals surface area contributed by atoms with Gasteiger partial charge < -0.3 is 0 Å². The number of hydrogen-bond donors (Lipinski definition) is 0. The van der Waals surface area contributed by atoms with Crippen molar-refractivity contribution >= 4 is 12.4 Å². The fourth-order valence-electron chi connectivity index (χ4n) is 0.680. The average Bonchev–Trinajstić information content (AvgIpc) is 2.06. The molecule has 0 spiro atoms. The highest BCUT2D eigenvalue weighted by Gasteiger charge is 1.86. The van der Waals surface area contributed by atoms with Gasteiger partial charge in [0.15, 0.2) is 0 Å². The van der Waals surface area contributed by atoms with E-state index in [1.807, 2.05) is 25.2 Å². The summed E-state index contributed by atoms with van der Waals surface area (Å²) in [5, 5.41) is 0. The summed E-state index contributed by atoms with van der Waals surface area (Å²) in [5.74, 6) is 0. The van der Waals surface area contributed by atoms with Crippen molar-refractivity contribution < 1.29 is 0 Å². The maximum absolute atomic E-state index is 4.14. The van der Waals surface area contributed by atoms with Gasteiger partial charge in [0.05, 0.1) is 0 Å². The van der Waals surface area contributed by atoms with Crippen LogP contribution in [0.3, 0.4) is 0 Å². The Morgan fingerprint density at radius 2 is 2.17 bits per heavy atom. The molecule has 0 amide bonds. The first kappa shape index (κ1) is 10.6. The number of rotatable bonds is 5. The molecule has 0 heterocycles. The van der Waals surface area contributed by atoms with E-state index in [0.29, 0.717) is 0 Å². The van der Waals surface area contributed by atoms with Crippen LogP contribution >= 0.6 is 0 Å². The van der Waals surface area contributed by atoms with Gasteiger partial charge in [-0.3, -0.25) is 9.98 Å². The van der Waals surface area contributed by atoms with Crippen LogP contribution in [0.4, 0.5) is 0 Å². The summed E-state index contributed by atoms with van der Waals surface area (Å²) in [6.45, 7) is 8.89. The van der Waals surface area contributed by atoms with E-state index in [0.717, 1.165) is 12.1 Å². The van der Waals surface area contributed by atoms with E-state index in [4.69, 9.17) is 0 Å². The molecule has 12 heavy (non-hydrogen) atoms. The highest BCUT2D eigenvalue weighted by Crippen LogP contribution is 1.92. The molecule has 0 aromatic carbocycles. The van der Waals surface area contributed by atoms with Crippen LogP contribution in [0.2, 0.25) is 0 Å². The quantitative estimate of drug-likeness (QED) is 0.438. The van der Waals surface area contributed by atoms with Gasteiger partial charge in [-0.15, -0.1) is 6.58 Å². The second kappa shape index (κ2) is 7.66. The summed E-state index contributed by atoms with van der Waals surface area (Å²) in [6.07, 6.45) is 9.63. The molecule has 0 aromatic heterocycles. The van der Waals surface area contributed by atoms with E-state index in [2.05, 4.69) is 23.3 Å². The van der Waals surface area contributed by atoms with E-state index in [1.54, 1.807) is 12.4 Å². The molecule has 0 aromatic rings. The largest absolute Gasteiger partial charge is 0.271 e. The number of nitrogens with zero attached hydrogens (tertiary/aromatic N) is 2. The molecule has 64 valence electrons. The Labute approximate surface area is 73.7 Å². The minimum atomic E-state index is 0.770. The average molecular weight is 162 g/mol. The Hall–Kier alpha value is -1.44. The summed E-state index contributed by atoms with van der Waals surface area (Å²) in [5.41, 5.74) is 0.965. The molecule has 0 atom stereocenters. The van der Waals surface area contributed by atoms with Crippen LogP contribution in [-0.2, 0) is 0 Å². The fraction of sp³-hybridized carbons (Fsp3) is 0.200. The Bertz CT molecular complexity index is 222. The smallest absolute Gasteiger partial charge is 0.0454 e. The van der Waals surface area contributed by atoms with Crippen LogP contribution in [0.15, 0.2) is 47.2 Å². The third-order valence-corrected chi connectivity index (χ3v) is 1.12. The van der Waals surface area contributed by atoms with Crippen molar-refractivity contribution in [1.82, 2.24) is 0 Å². The first-order chi connectivity index (χ1) is 5.85. The van der Waals surface area contributed by atoms with Crippen molar-refractivity contribution in [3.05, 3.63) is 37.2 Å². The van der Waals surface area contributed by atoms with E-state index in [9.17, 15) is 0 Å². The molecule has 0 N–H and O–H groups in total. The first-order valence-electron chi connectivity index (χ1n) is 3.76. The molecule has 0 radical (unpaired) electrons. The molecule has 0 saturated heterocycles. The molecule has 2 heteroatoms. The Morgan fingerprint density at radius 1 is 1.42 bits per heavy atom. The van der Waals surface area contributed by atoms with Crippen LogP contribution in [0, 0.1) is 0 Å². The zero-order valence-corrected chi connectivity index (χ0v) is 7.40. The molecule has 0 saturated carbocycles. The topological polar surface area (TPSA) is 24.7 Å². The lowest BCUT2D eigenvalue weighted by atomic mass is 10.2. The Morgan fingerprint density at radius 3 is 2.67 bits per heavy atom. The minimum absolute atomic E-state index is 0.770. The summed E-state index contributed by atoms with van der Waals surface area (Å²) < 4.78 is 0. The molecule has 0 bridgehead atoms. The highest BCUT2D eigenvalue weighted by atomic mass is 14.7.